The number of para-hydroxylation sites is 1. The Bertz CT molecular complexity index is 659. The number of hydrogen-bond acceptors (Lipinski definition) is 4. The van der Waals surface area contributed by atoms with Gasteiger partial charge in [0.15, 0.2) is 5.82 Å². The fourth-order valence-corrected chi connectivity index (χ4v) is 1.72. The summed E-state index contributed by atoms with van der Waals surface area (Å²) in [6.45, 7) is 0. The zero-order valence-electron chi connectivity index (χ0n) is 7.71. The van der Waals surface area contributed by atoms with Crippen molar-refractivity contribution >= 4 is 27.8 Å². The minimum atomic E-state index is 0.290. The molecule has 1 aromatic carbocycles. The van der Waals surface area contributed by atoms with Crippen molar-refractivity contribution in [3.8, 4) is 0 Å². The highest BCUT2D eigenvalue weighted by Crippen LogP contribution is 2.25. The van der Waals surface area contributed by atoms with Crippen LogP contribution in [-0.4, -0.2) is 14.7 Å². The Labute approximate surface area is 84.7 Å². The Kier molecular flexibility index (Phi) is 1.39. The van der Waals surface area contributed by atoms with E-state index in [2.05, 4.69) is 9.97 Å². The van der Waals surface area contributed by atoms with Gasteiger partial charge >= 0.3 is 0 Å². The number of imidazole rings is 1. The van der Waals surface area contributed by atoms with Crippen LogP contribution in [0.4, 0.5) is 5.82 Å². The summed E-state index contributed by atoms with van der Waals surface area (Å²) in [6, 6.07) is 7.36. The van der Waals surface area contributed by atoms with E-state index in [1.54, 1.807) is 0 Å². The molecule has 0 unspecified atom stereocenters. The van der Waals surface area contributed by atoms with Gasteiger partial charge < -0.3 is 15.7 Å². The van der Waals surface area contributed by atoms with Crippen molar-refractivity contribution in [2.24, 2.45) is 0 Å². The first kappa shape index (κ1) is 8.05. The van der Waals surface area contributed by atoms with E-state index >= 15 is 0 Å². The van der Waals surface area contributed by atoms with Gasteiger partial charge in [-0.2, -0.15) is 0 Å². The first-order chi connectivity index (χ1) is 7.27. The van der Waals surface area contributed by atoms with Gasteiger partial charge in [0.2, 0.25) is 0 Å². The second kappa shape index (κ2) is 2.60. The van der Waals surface area contributed by atoms with E-state index in [1.807, 2.05) is 24.3 Å². The third-order valence-corrected chi connectivity index (χ3v) is 2.38. The summed E-state index contributed by atoms with van der Waals surface area (Å²) < 4.78 is 0.718. The summed E-state index contributed by atoms with van der Waals surface area (Å²) in [6.07, 6.45) is 1.20. The van der Waals surface area contributed by atoms with E-state index in [0.29, 0.717) is 22.4 Å². The number of hydrogen-bond donors (Lipinski definition) is 1. The molecule has 0 aliphatic rings. The van der Waals surface area contributed by atoms with Crippen LogP contribution < -0.4 is 5.73 Å². The predicted octanol–water partition coefficient (Wildman–Crippen LogP) is 1.51. The molecule has 0 atom stereocenters. The summed E-state index contributed by atoms with van der Waals surface area (Å²) in [7, 11) is 0. The Hall–Kier alpha value is -2.30. The molecule has 0 saturated heterocycles. The molecule has 3 rings (SSSR count). The van der Waals surface area contributed by atoms with Gasteiger partial charge in [-0.3, -0.25) is 0 Å². The highest BCUT2D eigenvalue weighted by molar-refractivity contribution is 6.06. The van der Waals surface area contributed by atoms with E-state index in [4.69, 9.17) is 5.73 Å². The van der Waals surface area contributed by atoms with E-state index in [9.17, 15) is 5.21 Å². The van der Waals surface area contributed by atoms with Crippen molar-refractivity contribution in [3.05, 3.63) is 35.8 Å². The normalized spacial score (nSPS) is 11.2. The topological polar surface area (TPSA) is 79.8 Å². The molecule has 0 radical (unpaired) electrons. The molecule has 2 aromatic heterocycles. The first-order valence-corrected chi connectivity index (χ1v) is 4.46. The molecule has 0 aliphatic carbocycles. The molecule has 0 fully saturated rings. The largest absolute Gasteiger partial charge is 0.805 e. The molecule has 2 N–H and O–H groups in total. The zero-order chi connectivity index (χ0) is 10.4. The van der Waals surface area contributed by atoms with Crippen LogP contribution in [0.2, 0.25) is 0 Å². The van der Waals surface area contributed by atoms with Crippen LogP contribution in [0, 0.1) is 5.21 Å². The minimum absolute atomic E-state index is 0.290. The van der Waals surface area contributed by atoms with Gasteiger partial charge in [0.25, 0.3) is 0 Å². The molecule has 0 spiro atoms. The van der Waals surface area contributed by atoms with E-state index < -0.39 is 0 Å². The highest BCUT2D eigenvalue weighted by Gasteiger charge is 2.08. The second-order valence-electron chi connectivity index (χ2n) is 3.28. The Morgan fingerprint density at radius 3 is 2.93 bits per heavy atom. The maximum Gasteiger partial charge on any atom is 0.152 e. The van der Waals surface area contributed by atoms with Crippen molar-refractivity contribution < 1.29 is 0 Å². The lowest BCUT2D eigenvalue weighted by atomic mass is 10.2. The standard InChI is InChI=1S/C10H7N4O/c11-10-8-9(14(15)5-12-8)6-3-1-2-4-7(6)13-10/h1-5H,(H2,11,13)/q-1. The van der Waals surface area contributed by atoms with Crippen LogP contribution in [-0.2, 0) is 0 Å². The maximum absolute atomic E-state index is 11.5. The van der Waals surface area contributed by atoms with E-state index in [0.717, 1.165) is 10.1 Å². The number of benzene rings is 1. The number of nitrogens with two attached hydrogens (primary N) is 1. The van der Waals surface area contributed by atoms with Crippen LogP contribution >= 0.6 is 0 Å². The van der Waals surface area contributed by atoms with Gasteiger partial charge in [0.05, 0.1) is 17.4 Å². The van der Waals surface area contributed by atoms with Gasteiger partial charge in [0, 0.05) is 5.39 Å². The smallest absolute Gasteiger partial charge is 0.152 e. The minimum Gasteiger partial charge on any atom is -0.805 e. The molecular weight excluding hydrogens is 192 g/mol. The highest BCUT2D eigenvalue weighted by atomic mass is 16.5. The van der Waals surface area contributed by atoms with Gasteiger partial charge in [0.1, 0.15) is 5.52 Å². The van der Waals surface area contributed by atoms with Gasteiger partial charge in [-0.1, -0.05) is 18.2 Å². The summed E-state index contributed by atoms with van der Waals surface area (Å²) in [5.41, 5.74) is 7.36. The van der Waals surface area contributed by atoms with Crippen molar-refractivity contribution in [2.45, 2.75) is 0 Å². The van der Waals surface area contributed by atoms with Crippen LogP contribution in [0.15, 0.2) is 30.6 Å². The Morgan fingerprint density at radius 1 is 1.27 bits per heavy atom. The fraction of sp³-hybridized carbons (Fsp3) is 0. The molecule has 2 heterocycles. The molecule has 5 heteroatoms. The van der Waals surface area contributed by atoms with Crippen molar-refractivity contribution in [3.63, 3.8) is 0 Å². The van der Waals surface area contributed by atoms with E-state index in [1.165, 1.54) is 6.33 Å². The van der Waals surface area contributed by atoms with Crippen molar-refractivity contribution in [2.75, 3.05) is 5.73 Å². The number of nitrogens with zero attached hydrogens (tertiary/aromatic N) is 3. The molecule has 0 bridgehead atoms. The number of anilines is 1. The molecule has 5 nitrogen and oxygen atoms in total. The molecule has 3 aromatic rings. The molecular formula is C10H7N4O-. The first-order valence-electron chi connectivity index (χ1n) is 4.46. The SMILES string of the molecule is Nc1nc2ccccc2c2c1ncn2[O-]. The average Bonchev–Trinajstić information content (AvgIpc) is 2.62. The van der Waals surface area contributed by atoms with Gasteiger partial charge in [-0.05, 0) is 6.07 Å². The predicted molar refractivity (Wildman–Crippen MR) is 58.2 cm³/mol. The van der Waals surface area contributed by atoms with E-state index in [-0.39, 0.29) is 0 Å². The summed E-state index contributed by atoms with van der Waals surface area (Å²) in [5.74, 6) is 0.290. The summed E-state index contributed by atoms with van der Waals surface area (Å²) >= 11 is 0. The number of aromatic nitrogens is 3. The molecule has 0 amide bonds. The van der Waals surface area contributed by atoms with Gasteiger partial charge in [-0.25, -0.2) is 9.97 Å². The van der Waals surface area contributed by atoms with Crippen molar-refractivity contribution in [1.29, 1.82) is 0 Å². The number of rotatable bonds is 0. The summed E-state index contributed by atoms with van der Waals surface area (Å²) in [5, 5.41) is 12.3. The maximum atomic E-state index is 11.5. The van der Waals surface area contributed by atoms with Crippen LogP contribution in [0.5, 0.6) is 0 Å². The third kappa shape index (κ3) is 0.969. The monoisotopic (exact) mass is 199 g/mol. The van der Waals surface area contributed by atoms with Crippen molar-refractivity contribution in [1.82, 2.24) is 14.7 Å². The lowest BCUT2D eigenvalue weighted by Crippen LogP contribution is -1.94. The lowest BCUT2D eigenvalue weighted by Gasteiger charge is -2.09. The van der Waals surface area contributed by atoms with Gasteiger partial charge in [-0.15, -0.1) is 0 Å². The molecule has 0 aliphatic heterocycles. The Morgan fingerprint density at radius 2 is 2.07 bits per heavy atom. The third-order valence-electron chi connectivity index (χ3n) is 2.38. The number of nitrogen functional groups attached to an aromatic ring is 1. The lowest BCUT2D eigenvalue weighted by molar-refractivity contribution is 1.12. The fourth-order valence-electron chi connectivity index (χ4n) is 1.72. The summed E-state index contributed by atoms with van der Waals surface area (Å²) in [4.78, 5) is 8.11. The van der Waals surface area contributed by atoms with Crippen LogP contribution in [0.3, 0.4) is 0 Å². The zero-order valence-corrected chi connectivity index (χ0v) is 7.71. The molecule has 0 saturated carbocycles. The Balaban J connectivity index is 2.67. The molecule has 74 valence electrons. The number of pyridine rings is 1. The second-order valence-corrected chi connectivity index (χ2v) is 3.28. The van der Waals surface area contributed by atoms with Crippen LogP contribution in [0.1, 0.15) is 0 Å². The van der Waals surface area contributed by atoms with Crippen LogP contribution in [0.25, 0.3) is 21.9 Å². The quantitative estimate of drug-likeness (QED) is 0.595. The molecule has 15 heavy (non-hydrogen) atoms. The number of fused-ring (bicyclic) bond motifs is 3. The average molecular weight is 199 g/mol.